The van der Waals surface area contributed by atoms with E-state index in [4.69, 9.17) is 4.52 Å². The van der Waals surface area contributed by atoms with Gasteiger partial charge in [-0.25, -0.2) is 0 Å². The van der Waals surface area contributed by atoms with Crippen LogP contribution in [0.25, 0.3) is 0 Å². The molecule has 5 nitrogen and oxygen atoms in total. The topological polar surface area (TPSA) is 58.4 Å². The number of hydrogen-bond donors (Lipinski definition) is 1. The monoisotopic (exact) mass is 263 g/mol. The van der Waals surface area contributed by atoms with E-state index in [0.29, 0.717) is 18.4 Å². The third kappa shape index (κ3) is 2.39. The van der Waals surface area contributed by atoms with Crippen molar-refractivity contribution in [2.75, 3.05) is 13.6 Å². The van der Waals surface area contributed by atoms with Crippen molar-refractivity contribution < 1.29 is 9.32 Å². The maximum Gasteiger partial charge on any atom is 0.240 e. The van der Waals surface area contributed by atoms with Gasteiger partial charge >= 0.3 is 0 Å². The Hall–Kier alpha value is -1.36. The zero-order chi connectivity index (χ0) is 13.4. The molecule has 1 aromatic heterocycles. The summed E-state index contributed by atoms with van der Waals surface area (Å²) in [5, 5.41) is 7.34. The Morgan fingerprint density at radius 2 is 2.42 bits per heavy atom. The van der Waals surface area contributed by atoms with E-state index in [2.05, 4.69) is 10.5 Å². The molecule has 1 amide bonds. The van der Waals surface area contributed by atoms with Crippen LogP contribution >= 0.6 is 0 Å². The number of fused-ring (bicyclic) bond motifs is 1. The quantitative estimate of drug-likeness (QED) is 0.894. The van der Waals surface area contributed by atoms with Crippen LogP contribution in [0.5, 0.6) is 0 Å². The highest BCUT2D eigenvalue weighted by Gasteiger charge is 2.43. The van der Waals surface area contributed by atoms with Crippen LogP contribution in [-0.2, 0) is 11.3 Å². The molecule has 0 spiro atoms. The summed E-state index contributed by atoms with van der Waals surface area (Å²) >= 11 is 0. The summed E-state index contributed by atoms with van der Waals surface area (Å²) in [6.45, 7) is 3.38. The Balaban J connectivity index is 1.63. The van der Waals surface area contributed by atoms with Gasteiger partial charge in [0.2, 0.25) is 5.91 Å². The van der Waals surface area contributed by atoms with Crippen molar-refractivity contribution in [3.63, 3.8) is 0 Å². The van der Waals surface area contributed by atoms with Gasteiger partial charge < -0.3 is 14.7 Å². The molecule has 2 aliphatic rings. The molecule has 0 aromatic carbocycles. The molecule has 0 radical (unpaired) electrons. The fourth-order valence-electron chi connectivity index (χ4n) is 3.51. The summed E-state index contributed by atoms with van der Waals surface area (Å²) in [6.07, 6.45) is 3.73. The molecule has 1 aliphatic carbocycles. The number of aryl methyl sites for hydroxylation is 1. The van der Waals surface area contributed by atoms with Crippen LogP contribution in [0.15, 0.2) is 10.6 Å². The van der Waals surface area contributed by atoms with Gasteiger partial charge in [-0.3, -0.25) is 4.79 Å². The van der Waals surface area contributed by atoms with Gasteiger partial charge in [0.15, 0.2) is 0 Å². The highest BCUT2D eigenvalue weighted by molar-refractivity contribution is 5.82. The number of likely N-dealkylation sites (N-methyl/N-ethyl adjacent to an activating group) is 1. The normalized spacial score (nSPS) is 29.5. The number of aromatic nitrogens is 1. The third-order valence-corrected chi connectivity index (χ3v) is 4.46. The highest BCUT2D eigenvalue weighted by Crippen LogP contribution is 2.38. The smallest absolute Gasteiger partial charge is 0.240 e. The summed E-state index contributed by atoms with van der Waals surface area (Å²) in [5.74, 6) is 2.21. The van der Waals surface area contributed by atoms with E-state index in [-0.39, 0.29) is 11.9 Å². The minimum atomic E-state index is 0.00509. The first kappa shape index (κ1) is 12.7. The number of carbonyl (C=O) groups is 1. The largest absolute Gasteiger partial charge is 0.361 e. The molecule has 0 bridgehead atoms. The Kier molecular flexibility index (Phi) is 3.31. The van der Waals surface area contributed by atoms with Crippen molar-refractivity contribution >= 4 is 5.91 Å². The van der Waals surface area contributed by atoms with E-state index in [1.165, 1.54) is 19.3 Å². The molecule has 2 fully saturated rings. The lowest BCUT2D eigenvalue weighted by molar-refractivity contribution is -0.133. The number of nitrogens with one attached hydrogen (secondary N) is 1. The second-order valence-electron chi connectivity index (χ2n) is 5.86. The Morgan fingerprint density at radius 1 is 1.58 bits per heavy atom. The molecule has 3 atom stereocenters. The number of amides is 1. The van der Waals surface area contributed by atoms with Crippen molar-refractivity contribution in [1.82, 2.24) is 15.4 Å². The lowest BCUT2D eigenvalue weighted by atomic mass is 9.93. The van der Waals surface area contributed by atoms with Crippen molar-refractivity contribution in [3.8, 4) is 0 Å². The van der Waals surface area contributed by atoms with Crippen molar-refractivity contribution in [3.05, 3.63) is 17.5 Å². The predicted octanol–water partition coefficient (Wildman–Crippen LogP) is 1.33. The molecule has 2 heterocycles. The summed E-state index contributed by atoms with van der Waals surface area (Å²) < 4.78 is 5.04. The predicted molar refractivity (Wildman–Crippen MR) is 70.3 cm³/mol. The summed E-state index contributed by atoms with van der Waals surface area (Å²) in [4.78, 5) is 14.3. The first-order chi connectivity index (χ1) is 9.15. The second kappa shape index (κ2) is 4.96. The highest BCUT2D eigenvalue weighted by atomic mass is 16.5. The van der Waals surface area contributed by atoms with Crippen LogP contribution in [0.1, 0.15) is 30.7 Å². The van der Waals surface area contributed by atoms with E-state index < -0.39 is 0 Å². The standard InChI is InChI=1S/C14H21N3O2/c1-9-6-11(16-19-9)8-17(2)14(18)13-12-5-3-4-10(12)7-15-13/h6,10,12-13,15H,3-5,7-8H2,1-2H3. The van der Waals surface area contributed by atoms with Crippen LogP contribution in [0, 0.1) is 18.8 Å². The minimum absolute atomic E-state index is 0.00509. The molecule has 104 valence electrons. The molecular formula is C14H21N3O2. The van der Waals surface area contributed by atoms with E-state index >= 15 is 0 Å². The number of rotatable bonds is 3. The van der Waals surface area contributed by atoms with Gasteiger partial charge in [-0.2, -0.15) is 0 Å². The molecule has 3 rings (SSSR count). The maximum atomic E-state index is 12.5. The molecule has 1 aromatic rings. The van der Waals surface area contributed by atoms with Crippen LogP contribution in [0.3, 0.4) is 0 Å². The van der Waals surface area contributed by atoms with Crippen molar-refractivity contribution in [2.45, 2.75) is 38.8 Å². The lowest BCUT2D eigenvalue weighted by Crippen LogP contribution is -2.44. The molecule has 1 saturated heterocycles. The van der Waals surface area contributed by atoms with Gasteiger partial charge in [0.05, 0.1) is 12.6 Å². The summed E-state index contributed by atoms with van der Waals surface area (Å²) in [6, 6.07) is 1.88. The number of nitrogens with zero attached hydrogens (tertiary/aromatic N) is 2. The minimum Gasteiger partial charge on any atom is -0.361 e. The lowest BCUT2D eigenvalue weighted by Gasteiger charge is -2.23. The summed E-state index contributed by atoms with van der Waals surface area (Å²) in [5.41, 5.74) is 0.814. The second-order valence-corrected chi connectivity index (χ2v) is 5.86. The van der Waals surface area contributed by atoms with Gasteiger partial charge in [-0.1, -0.05) is 11.6 Å². The first-order valence-electron chi connectivity index (χ1n) is 7.05. The van der Waals surface area contributed by atoms with Gasteiger partial charge in [0.1, 0.15) is 11.5 Å². The summed E-state index contributed by atoms with van der Waals surface area (Å²) in [7, 11) is 1.84. The Morgan fingerprint density at radius 3 is 3.16 bits per heavy atom. The fraction of sp³-hybridized carbons (Fsp3) is 0.714. The average Bonchev–Trinajstić information content (AvgIpc) is 3.04. The van der Waals surface area contributed by atoms with Crippen LogP contribution in [-0.4, -0.2) is 35.6 Å². The van der Waals surface area contributed by atoms with Gasteiger partial charge in [0, 0.05) is 13.1 Å². The molecule has 3 unspecified atom stereocenters. The number of hydrogen-bond acceptors (Lipinski definition) is 4. The number of carbonyl (C=O) groups excluding carboxylic acids is 1. The van der Waals surface area contributed by atoms with Crippen molar-refractivity contribution in [1.29, 1.82) is 0 Å². The Labute approximate surface area is 113 Å². The molecular weight excluding hydrogens is 242 g/mol. The van der Waals surface area contributed by atoms with E-state index in [1.807, 2.05) is 20.0 Å². The molecule has 1 saturated carbocycles. The molecule has 1 N–H and O–H groups in total. The maximum absolute atomic E-state index is 12.5. The molecule has 19 heavy (non-hydrogen) atoms. The SMILES string of the molecule is Cc1cc(CN(C)C(=O)C2NCC3CCCC32)no1. The van der Waals surface area contributed by atoms with E-state index in [0.717, 1.165) is 18.0 Å². The van der Waals surface area contributed by atoms with E-state index in [1.54, 1.807) is 4.90 Å². The fourth-order valence-corrected chi connectivity index (χ4v) is 3.51. The first-order valence-corrected chi connectivity index (χ1v) is 7.05. The zero-order valence-corrected chi connectivity index (χ0v) is 11.6. The van der Waals surface area contributed by atoms with Crippen LogP contribution < -0.4 is 5.32 Å². The molecule has 1 aliphatic heterocycles. The van der Waals surface area contributed by atoms with Crippen molar-refractivity contribution in [2.24, 2.45) is 11.8 Å². The van der Waals surface area contributed by atoms with Gasteiger partial charge in [-0.15, -0.1) is 0 Å². The molecule has 5 heteroatoms. The van der Waals surface area contributed by atoms with Crippen LogP contribution in [0.2, 0.25) is 0 Å². The third-order valence-electron chi connectivity index (χ3n) is 4.46. The van der Waals surface area contributed by atoms with Gasteiger partial charge in [-0.05, 0) is 38.1 Å². The van der Waals surface area contributed by atoms with Crippen LogP contribution in [0.4, 0.5) is 0 Å². The zero-order valence-electron chi connectivity index (χ0n) is 11.6. The average molecular weight is 263 g/mol. The van der Waals surface area contributed by atoms with Gasteiger partial charge in [0.25, 0.3) is 0 Å². The Bertz CT molecular complexity index is 471. The van der Waals surface area contributed by atoms with E-state index in [9.17, 15) is 4.79 Å².